The van der Waals surface area contributed by atoms with Crippen LogP contribution in [-0.2, 0) is 0 Å². The molecule has 112 valence electrons. The van der Waals surface area contributed by atoms with E-state index in [9.17, 15) is 5.11 Å². The first-order valence-electron chi connectivity index (χ1n) is 7.61. The van der Waals surface area contributed by atoms with E-state index in [2.05, 4.69) is 6.92 Å². The summed E-state index contributed by atoms with van der Waals surface area (Å²) in [6, 6.07) is 5.74. The van der Waals surface area contributed by atoms with Crippen LogP contribution in [0.25, 0.3) is 0 Å². The Balaban J connectivity index is 2.29. The Kier molecular flexibility index (Phi) is 5.30. The van der Waals surface area contributed by atoms with Crippen molar-refractivity contribution in [2.45, 2.75) is 45.1 Å². The van der Waals surface area contributed by atoms with E-state index in [4.69, 9.17) is 9.47 Å². The predicted molar refractivity (Wildman–Crippen MR) is 80.2 cm³/mol. The summed E-state index contributed by atoms with van der Waals surface area (Å²) in [6.45, 7) is 2.22. The van der Waals surface area contributed by atoms with Gasteiger partial charge in [0.15, 0.2) is 11.5 Å². The summed E-state index contributed by atoms with van der Waals surface area (Å²) in [6.07, 6.45) is 5.49. The second-order valence-electron chi connectivity index (χ2n) is 5.64. The lowest BCUT2D eigenvalue weighted by Crippen LogP contribution is -2.25. The fourth-order valence-corrected chi connectivity index (χ4v) is 3.53. The minimum Gasteiger partial charge on any atom is -0.493 e. The van der Waals surface area contributed by atoms with Crippen LogP contribution >= 0.6 is 0 Å². The molecule has 0 saturated heterocycles. The van der Waals surface area contributed by atoms with Crippen molar-refractivity contribution >= 4 is 0 Å². The van der Waals surface area contributed by atoms with Gasteiger partial charge in [-0.25, -0.2) is 0 Å². The number of aliphatic hydroxyl groups excluding tert-OH is 1. The SMILES string of the molecule is CCC1CCCCC1C(O)c1cccc(OC)c1OC. The molecule has 20 heavy (non-hydrogen) atoms. The maximum absolute atomic E-state index is 10.8. The average Bonchev–Trinajstić information content (AvgIpc) is 2.53. The number of benzene rings is 1. The largest absolute Gasteiger partial charge is 0.493 e. The van der Waals surface area contributed by atoms with Crippen LogP contribution < -0.4 is 9.47 Å². The minimum absolute atomic E-state index is 0.328. The lowest BCUT2D eigenvalue weighted by Gasteiger charge is -2.35. The second-order valence-corrected chi connectivity index (χ2v) is 5.64. The van der Waals surface area contributed by atoms with Crippen LogP contribution in [0, 0.1) is 11.8 Å². The number of rotatable bonds is 5. The third kappa shape index (κ3) is 2.93. The van der Waals surface area contributed by atoms with E-state index in [1.807, 2.05) is 18.2 Å². The van der Waals surface area contributed by atoms with Crippen LogP contribution in [-0.4, -0.2) is 19.3 Å². The van der Waals surface area contributed by atoms with E-state index in [0.717, 1.165) is 18.4 Å². The molecule has 0 spiro atoms. The third-order valence-electron chi connectivity index (χ3n) is 4.65. The van der Waals surface area contributed by atoms with Gasteiger partial charge in [0.1, 0.15) is 0 Å². The molecule has 0 aromatic heterocycles. The van der Waals surface area contributed by atoms with Gasteiger partial charge in [-0.05, 0) is 24.3 Å². The molecule has 0 amide bonds. The van der Waals surface area contributed by atoms with E-state index in [-0.39, 0.29) is 0 Å². The van der Waals surface area contributed by atoms with Crippen LogP contribution in [0.3, 0.4) is 0 Å². The molecular formula is C17H26O3. The lowest BCUT2D eigenvalue weighted by molar-refractivity contribution is 0.0432. The van der Waals surface area contributed by atoms with Crippen molar-refractivity contribution in [1.82, 2.24) is 0 Å². The number of hydrogen-bond acceptors (Lipinski definition) is 3. The summed E-state index contributed by atoms with van der Waals surface area (Å²) < 4.78 is 10.8. The molecule has 1 saturated carbocycles. The van der Waals surface area contributed by atoms with Crippen molar-refractivity contribution in [3.8, 4) is 11.5 Å². The van der Waals surface area contributed by atoms with Crippen LogP contribution in [0.5, 0.6) is 11.5 Å². The fourth-order valence-electron chi connectivity index (χ4n) is 3.53. The summed E-state index contributed by atoms with van der Waals surface area (Å²) in [7, 11) is 3.26. The quantitative estimate of drug-likeness (QED) is 0.886. The first-order valence-corrected chi connectivity index (χ1v) is 7.61. The van der Waals surface area contributed by atoms with E-state index >= 15 is 0 Å². The van der Waals surface area contributed by atoms with E-state index < -0.39 is 6.10 Å². The van der Waals surface area contributed by atoms with Gasteiger partial charge >= 0.3 is 0 Å². The Morgan fingerprint density at radius 3 is 2.60 bits per heavy atom. The molecule has 1 aromatic rings. The van der Waals surface area contributed by atoms with Gasteiger partial charge in [-0.1, -0.05) is 44.7 Å². The Hall–Kier alpha value is -1.22. The molecule has 0 radical (unpaired) electrons. The smallest absolute Gasteiger partial charge is 0.166 e. The number of aliphatic hydroxyl groups is 1. The molecule has 1 aromatic carbocycles. The van der Waals surface area contributed by atoms with Gasteiger partial charge in [-0.2, -0.15) is 0 Å². The molecule has 1 fully saturated rings. The Labute approximate surface area is 121 Å². The number of ether oxygens (including phenoxy) is 2. The highest BCUT2D eigenvalue weighted by atomic mass is 16.5. The van der Waals surface area contributed by atoms with Gasteiger partial charge in [0.2, 0.25) is 0 Å². The normalized spacial score (nSPS) is 24.2. The number of para-hydroxylation sites is 1. The van der Waals surface area contributed by atoms with Crippen molar-refractivity contribution in [3.05, 3.63) is 23.8 Å². The van der Waals surface area contributed by atoms with Gasteiger partial charge in [-0.3, -0.25) is 0 Å². The molecule has 3 atom stereocenters. The zero-order valence-corrected chi connectivity index (χ0v) is 12.8. The Bertz CT molecular complexity index is 430. The summed E-state index contributed by atoms with van der Waals surface area (Å²) in [5.74, 6) is 2.29. The van der Waals surface area contributed by atoms with Crippen LogP contribution in [0.1, 0.15) is 50.7 Å². The van der Waals surface area contributed by atoms with Crippen LogP contribution in [0.2, 0.25) is 0 Å². The topological polar surface area (TPSA) is 38.7 Å². The van der Waals surface area contributed by atoms with Crippen molar-refractivity contribution < 1.29 is 14.6 Å². The monoisotopic (exact) mass is 278 g/mol. The Morgan fingerprint density at radius 1 is 1.20 bits per heavy atom. The summed E-state index contributed by atoms with van der Waals surface area (Å²) in [5.41, 5.74) is 0.859. The maximum Gasteiger partial charge on any atom is 0.166 e. The van der Waals surface area contributed by atoms with Gasteiger partial charge in [0.05, 0.1) is 20.3 Å². The maximum atomic E-state index is 10.8. The third-order valence-corrected chi connectivity index (χ3v) is 4.65. The zero-order chi connectivity index (χ0) is 14.5. The van der Waals surface area contributed by atoms with E-state index in [1.54, 1.807) is 14.2 Å². The summed E-state index contributed by atoms with van der Waals surface area (Å²) in [5, 5.41) is 10.8. The molecule has 0 bridgehead atoms. The van der Waals surface area contributed by atoms with Crippen molar-refractivity contribution in [1.29, 1.82) is 0 Å². The first kappa shape index (κ1) is 15.2. The van der Waals surface area contributed by atoms with Gasteiger partial charge in [0, 0.05) is 5.56 Å². The molecule has 0 heterocycles. The zero-order valence-electron chi connectivity index (χ0n) is 12.8. The number of methoxy groups -OCH3 is 2. The minimum atomic E-state index is -0.467. The highest BCUT2D eigenvalue weighted by molar-refractivity contribution is 5.47. The Morgan fingerprint density at radius 2 is 1.95 bits per heavy atom. The van der Waals surface area contributed by atoms with Gasteiger partial charge in [0.25, 0.3) is 0 Å². The first-order chi connectivity index (χ1) is 9.72. The summed E-state index contributed by atoms with van der Waals surface area (Å²) >= 11 is 0. The molecule has 1 aliphatic carbocycles. The lowest BCUT2D eigenvalue weighted by atomic mass is 9.73. The molecule has 3 nitrogen and oxygen atoms in total. The molecule has 3 unspecified atom stereocenters. The molecule has 0 aliphatic heterocycles. The second kappa shape index (κ2) is 6.98. The molecular weight excluding hydrogens is 252 g/mol. The van der Waals surface area contributed by atoms with Crippen LogP contribution in [0.4, 0.5) is 0 Å². The summed E-state index contributed by atoms with van der Waals surface area (Å²) in [4.78, 5) is 0. The van der Waals surface area contributed by atoms with Crippen molar-refractivity contribution in [3.63, 3.8) is 0 Å². The molecule has 1 aliphatic rings. The number of hydrogen-bond donors (Lipinski definition) is 1. The molecule has 1 N–H and O–H groups in total. The average molecular weight is 278 g/mol. The van der Waals surface area contributed by atoms with Gasteiger partial charge < -0.3 is 14.6 Å². The molecule has 3 heteroatoms. The predicted octanol–water partition coefficient (Wildman–Crippen LogP) is 3.95. The molecule has 2 rings (SSSR count). The highest BCUT2D eigenvalue weighted by Crippen LogP contribution is 2.44. The van der Waals surface area contributed by atoms with Crippen molar-refractivity contribution in [2.75, 3.05) is 14.2 Å². The highest BCUT2D eigenvalue weighted by Gasteiger charge is 2.32. The van der Waals surface area contributed by atoms with Crippen LogP contribution in [0.15, 0.2) is 18.2 Å². The van der Waals surface area contributed by atoms with E-state index in [1.165, 1.54) is 19.3 Å². The van der Waals surface area contributed by atoms with Crippen molar-refractivity contribution in [2.24, 2.45) is 11.8 Å². The van der Waals surface area contributed by atoms with Gasteiger partial charge in [-0.15, -0.1) is 0 Å². The van der Waals surface area contributed by atoms with E-state index in [0.29, 0.717) is 23.3 Å². The standard InChI is InChI=1S/C17H26O3/c1-4-12-8-5-6-9-13(12)16(18)14-10-7-11-15(19-2)17(14)20-3/h7,10-13,16,18H,4-6,8-9H2,1-3H3. The fraction of sp³-hybridized carbons (Fsp3) is 0.647.